The summed E-state index contributed by atoms with van der Waals surface area (Å²) in [5, 5.41) is 9.14. The molecule has 0 radical (unpaired) electrons. The number of anilines is 1. The molecule has 0 heterocycles. The summed E-state index contributed by atoms with van der Waals surface area (Å²) >= 11 is 5.73. The zero-order chi connectivity index (χ0) is 15.6. The maximum atomic E-state index is 13.7. The fourth-order valence-corrected chi connectivity index (χ4v) is 2.95. The lowest BCUT2D eigenvalue weighted by Crippen LogP contribution is -2.15. The van der Waals surface area contributed by atoms with Gasteiger partial charge in [0.15, 0.2) is 0 Å². The van der Waals surface area contributed by atoms with Gasteiger partial charge >= 0.3 is 5.97 Å². The van der Waals surface area contributed by atoms with Gasteiger partial charge in [0.25, 0.3) is 10.0 Å². The van der Waals surface area contributed by atoms with Gasteiger partial charge in [0, 0.05) is 5.02 Å². The smallest absolute Gasteiger partial charge is 0.335 e. The number of nitrogens with one attached hydrogen (secondary N) is 1. The summed E-state index contributed by atoms with van der Waals surface area (Å²) in [6.07, 6.45) is 0. The molecule has 0 aliphatic rings. The molecule has 0 unspecified atom stereocenters. The van der Waals surface area contributed by atoms with Gasteiger partial charge in [-0.05, 0) is 36.4 Å². The Kier molecular flexibility index (Phi) is 4.15. The van der Waals surface area contributed by atoms with Crippen molar-refractivity contribution in [3.63, 3.8) is 0 Å². The molecule has 2 aromatic rings. The van der Waals surface area contributed by atoms with Crippen LogP contribution in [0, 0.1) is 5.82 Å². The van der Waals surface area contributed by atoms with E-state index in [0.717, 1.165) is 18.2 Å². The number of hydrogen-bond donors (Lipinski definition) is 2. The Hall–Kier alpha value is -2.12. The van der Waals surface area contributed by atoms with Crippen LogP contribution in [0.3, 0.4) is 0 Å². The predicted octanol–water partition coefficient (Wildman–Crippen LogP) is 2.98. The largest absolute Gasteiger partial charge is 0.478 e. The number of hydrogen-bond acceptors (Lipinski definition) is 3. The third-order valence-corrected chi connectivity index (χ3v) is 4.18. The Morgan fingerprint density at radius 3 is 2.52 bits per heavy atom. The standard InChI is InChI=1S/C13H9ClFNO4S/c14-9-2-1-3-10(7-9)16-21(19,20)12-6-8(13(17)18)4-5-11(12)15/h1-7,16H,(H,17,18). The minimum absolute atomic E-state index is 0.141. The Labute approximate surface area is 125 Å². The van der Waals surface area contributed by atoms with Crippen molar-refractivity contribution in [1.82, 2.24) is 0 Å². The number of rotatable bonds is 4. The van der Waals surface area contributed by atoms with E-state index in [2.05, 4.69) is 4.72 Å². The fourth-order valence-electron chi connectivity index (χ4n) is 1.60. The maximum Gasteiger partial charge on any atom is 0.335 e. The second kappa shape index (κ2) is 5.71. The molecule has 2 aromatic carbocycles. The van der Waals surface area contributed by atoms with Crippen LogP contribution >= 0.6 is 11.6 Å². The van der Waals surface area contributed by atoms with E-state index in [1.807, 2.05) is 0 Å². The first-order valence-electron chi connectivity index (χ1n) is 5.61. The molecule has 8 heteroatoms. The highest BCUT2D eigenvalue weighted by molar-refractivity contribution is 7.92. The molecule has 2 N–H and O–H groups in total. The molecule has 0 saturated heterocycles. The van der Waals surface area contributed by atoms with Crippen LogP contribution in [0.15, 0.2) is 47.4 Å². The molecular weight excluding hydrogens is 321 g/mol. The average molecular weight is 330 g/mol. The first-order valence-corrected chi connectivity index (χ1v) is 7.47. The fraction of sp³-hybridized carbons (Fsp3) is 0. The summed E-state index contributed by atoms with van der Waals surface area (Å²) in [7, 11) is -4.26. The predicted molar refractivity (Wildman–Crippen MR) is 75.6 cm³/mol. The van der Waals surface area contributed by atoms with Gasteiger partial charge in [-0.15, -0.1) is 0 Å². The summed E-state index contributed by atoms with van der Waals surface area (Å²) in [4.78, 5) is 10.1. The molecule has 0 atom stereocenters. The number of sulfonamides is 1. The second-order valence-electron chi connectivity index (χ2n) is 4.07. The molecule has 0 spiro atoms. The quantitative estimate of drug-likeness (QED) is 0.903. The lowest BCUT2D eigenvalue weighted by atomic mass is 10.2. The molecule has 0 aliphatic carbocycles. The summed E-state index contributed by atoms with van der Waals surface area (Å²) < 4.78 is 40.1. The van der Waals surface area contributed by atoms with Gasteiger partial charge < -0.3 is 5.11 Å². The molecular formula is C13H9ClFNO4S. The molecule has 5 nitrogen and oxygen atoms in total. The van der Waals surface area contributed by atoms with Crippen molar-refractivity contribution >= 4 is 33.3 Å². The number of halogens is 2. The zero-order valence-corrected chi connectivity index (χ0v) is 12.0. The maximum absolute atomic E-state index is 13.7. The Morgan fingerprint density at radius 1 is 1.19 bits per heavy atom. The molecule has 0 bridgehead atoms. The molecule has 21 heavy (non-hydrogen) atoms. The normalized spacial score (nSPS) is 11.1. The van der Waals surface area contributed by atoms with Crippen LogP contribution in [0.25, 0.3) is 0 Å². The molecule has 110 valence electrons. The molecule has 0 aliphatic heterocycles. The lowest BCUT2D eigenvalue weighted by Gasteiger charge is -2.09. The van der Waals surface area contributed by atoms with Gasteiger partial charge in [-0.25, -0.2) is 17.6 Å². The molecule has 2 rings (SSSR count). The Bertz CT molecular complexity index is 808. The summed E-state index contributed by atoms with van der Waals surface area (Å²) in [6, 6.07) is 8.37. The molecule has 0 amide bonds. The van der Waals surface area contributed by atoms with Crippen LogP contribution in [0.2, 0.25) is 5.02 Å². The molecule has 0 saturated carbocycles. The van der Waals surface area contributed by atoms with Crippen molar-refractivity contribution in [3.05, 3.63) is 58.9 Å². The third kappa shape index (κ3) is 3.50. The first-order chi connectivity index (χ1) is 9.79. The van der Waals surface area contributed by atoms with Gasteiger partial charge in [0.05, 0.1) is 11.3 Å². The van der Waals surface area contributed by atoms with E-state index in [4.69, 9.17) is 16.7 Å². The van der Waals surface area contributed by atoms with Crippen LogP contribution in [0.5, 0.6) is 0 Å². The van der Waals surface area contributed by atoms with Crippen molar-refractivity contribution in [2.45, 2.75) is 4.90 Å². The van der Waals surface area contributed by atoms with E-state index < -0.39 is 26.7 Å². The number of carboxylic acids is 1. The first kappa shape index (κ1) is 15.3. The highest BCUT2D eigenvalue weighted by Gasteiger charge is 2.21. The molecule has 0 fully saturated rings. The van der Waals surface area contributed by atoms with Crippen LogP contribution in [0.1, 0.15) is 10.4 Å². The summed E-state index contributed by atoms with van der Waals surface area (Å²) in [5.74, 6) is -2.40. The zero-order valence-electron chi connectivity index (χ0n) is 10.4. The number of carbonyl (C=O) groups is 1. The number of benzene rings is 2. The van der Waals surface area contributed by atoms with Crippen LogP contribution in [-0.4, -0.2) is 19.5 Å². The van der Waals surface area contributed by atoms with Crippen molar-refractivity contribution in [1.29, 1.82) is 0 Å². The topological polar surface area (TPSA) is 83.5 Å². The second-order valence-corrected chi connectivity index (χ2v) is 6.15. The van der Waals surface area contributed by atoms with Crippen LogP contribution in [-0.2, 0) is 10.0 Å². The van der Waals surface area contributed by atoms with E-state index in [9.17, 15) is 17.6 Å². The monoisotopic (exact) mass is 329 g/mol. The van der Waals surface area contributed by atoms with Crippen molar-refractivity contribution in [2.24, 2.45) is 0 Å². The average Bonchev–Trinajstić information content (AvgIpc) is 2.38. The van der Waals surface area contributed by atoms with Gasteiger partial charge in [0.2, 0.25) is 0 Å². The highest BCUT2D eigenvalue weighted by Crippen LogP contribution is 2.22. The summed E-state index contributed by atoms with van der Waals surface area (Å²) in [6.45, 7) is 0. The van der Waals surface area contributed by atoms with E-state index in [1.165, 1.54) is 18.2 Å². The van der Waals surface area contributed by atoms with E-state index in [-0.39, 0.29) is 11.3 Å². The Balaban J connectivity index is 2.44. The van der Waals surface area contributed by atoms with Crippen LogP contribution < -0.4 is 4.72 Å². The van der Waals surface area contributed by atoms with Crippen molar-refractivity contribution in [2.75, 3.05) is 4.72 Å². The minimum Gasteiger partial charge on any atom is -0.478 e. The van der Waals surface area contributed by atoms with Gasteiger partial charge in [0.1, 0.15) is 10.7 Å². The highest BCUT2D eigenvalue weighted by atomic mass is 35.5. The SMILES string of the molecule is O=C(O)c1ccc(F)c(S(=O)(=O)Nc2cccc(Cl)c2)c1. The van der Waals surface area contributed by atoms with Crippen LogP contribution in [0.4, 0.5) is 10.1 Å². The van der Waals surface area contributed by atoms with Gasteiger partial charge in [-0.2, -0.15) is 0 Å². The Morgan fingerprint density at radius 2 is 1.90 bits per heavy atom. The van der Waals surface area contributed by atoms with Gasteiger partial charge in [-0.1, -0.05) is 17.7 Å². The molecule has 0 aromatic heterocycles. The number of carboxylic acid groups (broad SMARTS) is 1. The van der Waals surface area contributed by atoms with E-state index >= 15 is 0 Å². The minimum atomic E-state index is -4.26. The summed E-state index contributed by atoms with van der Waals surface area (Å²) in [5.41, 5.74) is -0.189. The third-order valence-electron chi connectivity index (χ3n) is 2.54. The van der Waals surface area contributed by atoms with Crippen molar-refractivity contribution < 1.29 is 22.7 Å². The van der Waals surface area contributed by atoms with E-state index in [1.54, 1.807) is 6.07 Å². The lowest BCUT2D eigenvalue weighted by molar-refractivity contribution is 0.0696. The van der Waals surface area contributed by atoms with Crippen molar-refractivity contribution in [3.8, 4) is 0 Å². The van der Waals surface area contributed by atoms with E-state index in [0.29, 0.717) is 5.02 Å². The number of aromatic carboxylic acids is 1. The van der Waals surface area contributed by atoms with Gasteiger partial charge in [-0.3, -0.25) is 4.72 Å².